The molecule has 1 aliphatic rings. The molecule has 1 fully saturated rings. The highest BCUT2D eigenvalue weighted by Gasteiger charge is 2.30. The molecule has 0 aromatic heterocycles. The molecule has 29 heavy (non-hydrogen) atoms. The number of amides is 1. The number of halogens is 2. The topological polar surface area (TPSA) is 79.4 Å². The molecule has 1 aromatic rings. The van der Waals surface area contributed by atoms with Gasteiger partial charge in [0.2, 0.25) is 10.0 Å². The highest BCUT2D eigenvalue weighted by molar-refractivity contribution is 7.89. The summed E-state index contributed by atoms with van der Waals surface area (Å²) < 4.78 is 62.6. The number of methoxy groups -OCH3 is 1. The van der Waals surface area contributed by atoms with Crippen molar-refractivity contribution in [2.75, 3.05) is 67.1 Å². The van der Waals surface area contributed by atoms with E-state index >= 15 is 0 Å². The number of hydrogen-bond donors (Lipinski definition) is 0. The normalized spacial score (nSPS) is 15.7. The van der Waals surface area contributed by atoms with Crippen molar-refractivity contribution >= 4 is 15.9 Å². The molecule has 0 saturated carbocycles. The van der Waals surface area contributed by atoms with Crippen LogP contribution in [0.15, 0.2) is 23.1 Å². The van der Waals surface area contributed by atoms with Crippen LogP contribution in [0.5, 0.6) is 5.75 Å². The van der Waals surface area contributed by atoms with Crippen LogP contribution in [0, 0.1) is 0 Å². The lowest BCUT2D eigenvalue weighted by Gasteiger charge is -2.27. The second-order valence-corrected chi connectivity index (χ2v) is 8.67. The summed E-state index contributed by atoms with van der Waals surface area (Å²) >= 11 is 0. The maximum Gasteiger partial charge on any atom is 0.253 e. The van der Waals surface area contributed by atoms with Crippen LogP contribution in [-0.2, 0) is 14.8 Å². The average molecular weight is 435 g/mol. The minimum absolute atomic E-state index is 0.0871. The number of ether oxygens (including phenoxy) is 2. The number of benzene rings is 1. The van der Waals surface area contributed by atoms with Crippen LogP contribution >= 0.6 is 0 Å². The molecule has 1 heterocycles. The molecule has 1 aromatic carbocycles. The first-order chi connectivity index (χ1) is 13.7. The fourth-order valence-electron chi connectivity index (χ4n) is 2.91. The molecule has 1 aliphatic heterocycles. The number of hydrogen-bond acceptors (Lipinski definition) is 6. The van der Waals surface area contributed by atoms with E-state index in [0.717, 1.165) is 0 Å². The van der Waals surface area contributed by atoms with Crippen molar-refractivity contribution in [3.63, 3.8) is 0 Å². The number of sulfonamides is 1. The van der Waals surface area contributed by atoms with Crippen LogP contribution < -0.4 is 4.74 Å². The third-order valence-corrected chi connectivity index (χ3v) is 6.53. The van der Waals surface area contributed by atoms with E-state index in [1.165, 1.54) is 39.4 Å². The fraction of sp³-hybridized carbons (Fsp3) is 0.611. The monoisotopic (exact) mass is 435 g/mol. The zero-order valence-electron chi connectivity index (χ0n) is 16.8. The minimum Gasteiger partial charge on any atom is -0.495 e. The number of alkyl halides is 2. The van der Waals surface area contributed by atoms with Gasteiger partial charge in [-0.05, 0) is 25.2 Å². The molecule has 0 spiro atoms. The average Bonchev–Trinajstić information content (AvgIpc) is 2.71. The van der Waals surface area contributed by atoms with Gasteiger partial charge in [0, 0.05) is 38.8 Å². The molecule has 0 atom stereocenters. The van der Waals surface area contributed by atoms with Crippen molar-refractivity contribution in [1.29, 1.82) is 0 Å². The van der Waals surface area contributed by atoms with Gasteiger partial charge in [-0.2, -0.15) is 4.31 Å². The van der Waals surface area contributed by atoms with Gasteiger partial charge in [-0.3, -0.25) is 9.69 Å². The summed E-state index contributed by atoms with van der Waals surface area (Å²) in [6.07, 6.45) is -2.45. The molecule has 1 amide bonds. The van der Waals surface area contributed by atoms with Crippen molar-refractivity contribution < 1.29 is 31.5 Å². The van der Waals surface area contributed by atoms with Crippen LogP contribution in [0.4, 0.5) is 8.78 Å². The van der Waals surface area contributed by atoms with Gasteiger partial charge >= 0.3 is 0 Å². The van der Waals surface area contributed by atoms with Gasteiger partial charge in [-0.25, -0.2) is 17.2 Å². The lowest BCUT2D eigenvalue weighted by Crippen LogP contribution is -2.41. The molecule has 0 aliphatic carbocycles. The second kappa shape index (κ2) is 10.3. The van der Waals surface area contributed by atoms with E-state index in [-0.39, 0.29) is 48.9 Å². The van der Waals surface area contributed by atoms with Crippen LogP contribution in [0.1, 0.15) is 10.4 Å². The molecular formula is C18H27F2N3O5S. The van der Waals surface area contributed by atoms with Crippen LogP contribution in [-0.4, -0.2) is 102 Å². The second-order valence-electron chi connectivity index (χ2n) is 6.76. The number of morpholine rings is 1. The number of rotatable bonds is 9. The molecule has 0 bridgehead atoms. The Morgan fingerprint density at radius 2 is 1.90 bits per heavy atom. The lowest BCUT2D eigenvalue weighted by atomic mass is 10.2. The van der Waals surface area contributed by atoms with Crippen molar-refractivity contribution in [2.24, 2.45) is 0 Å². The number of likely N-dealkylation sites (N-methyl/N-ethyl adjacent to an activating group) is 2. The SMILES string of the molecule is COc1ccc(C(=O)N(C)CCN(C)CC(F)F)cc1S(=O)(=O)N1CCOCC1. The molecule has 1 saturated heterocycles. The van der Waals surface area contributed by atoms with Gasteiger partial charge in [0.05, 0.1) is 26.9 Å². The third-order valence-electron chi connectivity index (χ3n) is 4.61. The predicted octanol–water partition coefficient (Wildman–Crippen LogP) is 0.985. The molecule has 164 valence electrons. The fourth-order valence-corrected chi connectivity index (χ4v) is 4.50. The maximum absolute atomic E-state index is 13.0. The molecule has 0 unspecified atom stereocenters. The Morgan fingerprint density at radius 3 is 2.48 bits per heavy atom. The highest BCUT2D eigenvalue weighted by atomic mass is 32.2. The van der Waals surface area contributed by atoms with Crippen molar-refractivity contribution in [1.82, 2.24) is 14.1 Å². The Kier molecular flexibility index (Phi) is 8.32. The molecule has 0 N–H and O–H groups in total. The first-order valence-corrected chi connectivity index (χ1v) is 10.6. The van der Waals surface area contributed by atoms with Gasteiger partial charge in [0.15, 0.2) is 0 Å². The number of nitrogens with zero attached hydrogens (tertiary/aromatic N) is 3. The predicted molar refractivity (Wildman–Crippen MR) is 103 cm³/mol. The Bertz CT molecular complexity index is 801. The third kappa shape index (κ3) is 6.08. The number of carbonyl (C=O) groups is 1. The summed E-state index contributed by atoms with van der Waals surface area (Å²) in [5.41, 5.74) is 0.177. The van der Waals surface area contributed by atoms with E-state index in [4.69, 9.17) is 9.47 Å². The Labute approximate surface area is 170 Å². The van der Waals surface area contributed by atoms with Gasteiger partial charge in [-0.15, -0.1) is 0 Å². The van der Waals surface area contributed by atoms with Crippen LogP contribution in [0.25, 0.3) is 0 Å². The van der Waals surface area contributed by atoms with Crippen molar-refractivity contribution in [3.8, 4) is 5.75 Å². The Balaban J connectivity index is 2.19. The summed E-state index contributed by atoms with van der Waals surface area (Å²) in [4.78, 5) is 15.4. The Hall–Kier alpha value is -1.82. The summed E-state index contributed by atoms with van der Waals surface area (Å²) in [7, 11) is 0.589. The molecule has 11 heteroatoms. The smallest absolute Gasteiger partial charge is 0.253 e. The van der Waals surface area contributed by atoms with E-state index in [2.05, 4.69) is 0 Å². The summed E-state index contributed by atoms with van der Waals surface area (Å²) in [6, 6.07) is 4.22. The molecular weight excluding hydrogens is 408 g/mol. The van der Waals surface area contributed by atoms with E-state index in [0.29, 0.717) is 13.2 Å². The first-order valence-electron chi connectivity index (χ1n) is 9.15. The standard InChI is InChI=1S/C18H27F2N3O5S/c1-21(13-17(19)20)6-7-22(2)18(24)14-4-5-15(27-3)16(12-14)29(25,26)23-8-10-28-11-9-23/h4-5,12,17H,6-11,13H2,1-3H3. The zero-order chi connectivity index (χ0) is 21.6. The summed E-state index contributed by atoms with van der Waals surface area (Å²) in [6.45, 7) is 1.15. The van der Waals surface area contributed by atoms with E-state index < -0.39 is 22.4 Å². The summed E-state index contributed by atoms with van der Waals surface area (Å²) in [5.74, 6) is -0.260. The first kappa shape index (κ1) is 23.5. The van der Waals surface area contributed by atoms with Crippen molar-refractivity contribution in [2.45, 2.75) is 11.3 Å². The van der Waals surface area contributed by atoms with Crippen LogP contribution in [0.2, 0.25) is 0 Å². The molecule has 0 radical (unpaired) electrons. The van der Waals surface area contributed by atoms with Crippen molar-refractivity contribution in [3.05, 3.63) is 23.8 Å². The van der Waals surface area contributed by atoms with Gasteiger partial charge in [-0.1, -0.05) is 0 Å². The largest absolute Gasteiger partial charge is 0.495 e. The van der Waals surface area contributed by atoms with Gasteiger partial charge in [0.25, 0.3) is 12.3 Å². The van der Waals surface area contributed by atoms with E-state index in [9.17, 15) is 22.0 Å². The Morgan fingerprint density at radius 1 is 1.24 bits per heavy atom. The quantitative estimate of drug-likeness (QED) is 0.576. The van der Waals surface area contributed by atoms with E-state index in [1.54, 1.807) is 14.1 Å². The van der Waals surface area contributed by atoms with Gasteiger partial charge < -0.3 is 14.4 Å². The summed E-state index contributed by atoms with van der Waals surface area (Å²) in [5, 5.41) is 0. The van der Waals surface area contributed by atoms with Crippen LogP contribution in [0.3, 0.4) is 0 Å². The van der Waals surface area contributed by atoms with Gasteiger partial charge in [0.1, 0.15) is 10.6 Å². The molecule has 8 nitrogen and oxygen atoms in total. The van der Waals surface area contributed by atoms with E-state index in [1.807, 2.05) is 0 Å². The lowest BCUT2D eigenvalue weighted by molar-refractivity contribution is 0.0728. The zero-order valence-corrected chi connectivity index (χ0v) is 17.6. The highest BCUT2D eigenvalue weighted by Crippen LogP contribution is 2.28. The molecule has 2 rings (SSSR count). The maximum atomic E-state index is 13.0. The number of carbonyl (C=O) groups excluding carboxylic acids is 1. The minimum atomic E-state index is -3.86.